The van der Waals surface area contributed by atoms with Crippen LogP contribution in [0.5, 0.6) is 5.75 Å². The van der Waals surface area contributed by atoms with Gasteiger partial charge in [-0.1, -0.05) is 42.5 Å². The Morgan fingerprint density at radius 3 is 2.50 bits per heavy atom. The molecule has 2 atom stereocenters. The smallest absolute Gasteiger partial charge is 0.306 e. The summed E-state index contributed by atoms with van der Waals surface area (Å²) in [6.07, 6.45) is 1.92. The van der Waals surface area contributed by atoms with E-state index in [0.717, 1.165) is 27.1 Å². The van der Waals surface area contributed by atoms with E-state index in [2.05, 4.69) is 0 Å². The lowest BCUT2D eigenvalue weighted by atomic mass is 9.87. The van der Waals surface area contributed by atoms with Crippen molar-refractivity contribution in [1.29, 1.82) is 0 Å². The Kier molecular flexibility index (Phi) is 8.07. The van der Waals surface area contributed by atoms with E-state index < -0.39 is 10.0 Å². The first-order valence-electron chi connectivity index (χ1n) is 11.8. The number of nitrogens with zero attached hydrogens (tertiary/aromatic N) is 1. The molecule has 4 rings (SSSR count). The molecule has 0 bridgehead atoms. The number of ether oxygens (including phenoxy) is 2. The second-order valence-corrected chi connectivity index (χ2v) is 11.8. The van der Waals surface area contributed by atoms with E-state index in [1.165, 1.54) is 11.4 Å². The molecule has 0 amide bonds. The third-order valence-electron chi connectivity index (χ3n) is 6.49. The number of para-hydroxylation sites is 1. The molecule has 190 valence electrons. The van der Waals surface area contributed by atoms with Gasteiger partial charge in [-0.3, -0.25) is 4.79 Å². The average Bonchev–Trinajstić information content (AvgIpc) is 2.97. The molecule has 0 saturated carbocycles. The molecule has 0 spiro atoms. The van der Waals surface area contributed by atoms with Gasteiger partial charge in [-0.15, -0.1) is 11.8 Å². The normalized spacial score (nSPS) is 17.9. The second-order valence-electron chi connectivity index (χ2n) is 8.96. The number of sulfonamides is 1. The summed E-state index contributed by atoms with van der Waals surface area (Å²) >= 11 is 1.66. The zero-order valence-corrected chi connectivity index (χ0v) is 22.6. The molecular formula is C28H31NO5S2. The zero-order valence-electron chi connectivity index (χ0n) is 20.9. The number of esters is 1. The van der Waals surface area contributed by atoms with Crippen LogP contribution in [0.4, 0.5) is 0 Å². The molecule has 0 aromatic heterocycles. The maximum absolute atomic E-state index is 13.6. The summed E-state index contributed by atoms with van der Waals surface area (Å²) in [7, 11) is -2.36. The van der Waals surface area contributed by atoms with Crippen molar-refractivity contribution in [1.82, 2.24) is 4.31 Å². The van der Waals surface area contributed by atoms with Crippen molar-refractivity contribution >= 4 is 27.8 Å². The lowest BCUT2D eigenvalue weighted by molar-refractivity contribution is -0.140. The number of aryl methyl sites for hydroxylation is 1. The predicted molar refractivity (Wildman–Crippen MR) is 142 cm³/mol. The Morgan fingerprint density at radius 1 is 1.11 bits per heavy atom. The van der Waals surface area contributed by atoms with E-state index in [1.807, 2.05) is 62.6 Å². The molecule has 1 heterocycles. The van der Waals surface area contributed by atoms with Crippen LogP contribution in [0.15, 0.2) is 76.5 Å². The fourth-order valence-electron chi connectivity index (χ4n) is 4.47. The van der Waals surface area contributed by atoms with Gasteiger partial charge in [0.25, 0.3) is 0 Å². The second kappa shape index (κ2) is 11.1. The van der Waals surface area contributed by atoms with Gasteiger partial charge >= 0.3 is 5.97 Å². The van der Waals surface area contributed by atoms with Crippen molar-refractivity contribution in [3.05, 3.63) is 89.0 Å². The predicted octanol–water partition coefficient (Wildman–Crippen LogP) is 5.38. The third-order valence-corrected chi connectivity index (χ3v) is 9.09. The van der Waals surface area contributed by atoms with Crippen LogP contribution in [0.3, 0.4) is 0 Å². The Hall–Kier alpha value is -2.81. The molecule has 1 unspecified atom stereocenters. The minimum absolute atomic E-state index is 0.181. The summed E-state index contributed by atoms with van der Waals surface area (Å²) in [4.78, 5) is 13.6. The van der Waals surface area contributed by atoms with Crippen molar-refractivity contribution < 1.29 is 22.7 Å². The molecular weight excluding hydrogens is 494 g/mol. The highest BCUT2D eigenvalue weighted by atomic mass is 32.2. The maximum Gasteiger partial charge on any atom is 0.306 e. The molecule has 8 heteroatoms. The highest BCUT2D eigenvalue weighted by molar-refractivity contribution is 7.98. The SMILES string of the molecule is COC(=O)CC(c1ccc(SC)cc1)c1ccc(C)c(CN2C[C@@H](C)Oc3ccccc3S2(=O)=O)c1. The van der Waals surface area contributed by atoms with Crippen LogP contribution in [-0.4, -0.2) is 44.7 Å². The van der Waals surface area contributed by atoms with Crippen LogP contribution >= 0.6 is 11.8 Å². The molecule has 0 N–H and O–H groups in total. The number of hydrogen-bond donors (Lipinski definition) is 0. The molecule has 0 radical (unpaired) electrons. The molecule has 0 fully saturated rings. The van der Waals surface area contributed by atoms with Crippen LogP contribution in [0.25, 0.3) is 0 Å². The number of carbonyl (C=O) groups excluding carboxylic acids is 1. The summed E-state index contributed by atoms with van der Waals surface area (Å²) in [5, 5.41) is 0. The molecule has 1 aliphatic heterocycles. The first kappa shape index (κ1) is 26.3. The van der Waals surface area contributed by atoms with Crippen molar-refractivity contribution in [2.45, 2.75) is 48.6 Å². The van der Waals surface area contributed by atoms with E-state index in [-0.39, 0.29) is 42.4 Å². The van der Waals surface area contributed by atoms with Gasteiger partial charge in [-0.25, -0.2) is 8.42 Å². The van der Waals surface area contributed by atoms with Crippen LogP contribution in [0, 0.1) is 6.92 Å². The van der Waals surface area contributed by atoms with E-state index in [0.29, 0.717) is 5.75 Å². The van der Waals surface area contributed by atoms with E-state index in [4.69, 9.17) is 9.47 Å². The van der Waals surface area contributed by atoms with E-state index >= 15 is 0 Å². The van der Waals surface area contributed by atoms with Gasteiger partial charge < -0.3 is 9.47 Å². The highest BCUT2D eigenvalue weighted by Gasteiger charge is 2.33. The quantitative estimate of drug-likeness (QED) is 0.305. The fourth-order valence-corrected chi connectivity index (χ4v) is 6.49. The van der Waals surface area contributed by atoms with Gasteiger partial charge in [-0.2, -0.15) is 4.31 Å². The summed E-state index contributed by atoms with van der Waals surface area (Å²) in [6, 6.07) is 20.9. The Morgan fingerprint density at radius 2 is 1.81 bits per heavy atom. The first-order chi connectivity index (χ1) is 17.2. The van der Waals surface area contributed by atoms with Crippen molar-refractivity contribution in [2.24, 2.45) is 0 Å². The van der Waals surface area contributed by atoms with Gasteiger partial charge in [0.05, 0.1) is 20.1 Å². The van der Waals surface area contributed by atoms with Crippen LogP contribution < -0.4 is 4.74 Å². The third kappa shape index (κ3) is 5.61. The molecule has 3 aromatic carbocycles. The molecule has 1 aliphatic rings. The van der Waals surface area contributed by atoms with Gasteiger partial charge in [0.15, 0.2) is 0 Å². The van der Waals surface area contributed by atoms with Crippen molar-refractivity contribution in [2.75, 3.05) is 19.9 Å². The molecule has 36 heavy (non-hydrogen) atoms. The average molecular weight is 526 g/mol. The lowest BCUT2D eigenvalue weighted by Gasteiger charge is -2.24. The van der Waals surface area contributed by atoms with Gasteiger partial charge in [0, 0.05) is 17.4 Å². The molecule has 0 aliphatic carbocycles. The maximum atomic E-state index is 13.6. The number of rotatable bonds is 7. The van der Waals surface area contributed by atoms with Crippen molar-refractivity contribution in [3.8, 4) is 5.75 Å². The monoisotopic (exact) mass is 525 g/mol. The Balaban J connectivity index is 1.71. The van der Waals surface area contributed by atoms with Crippen LogP contribution in [0.1, 0.15) is 41.5 Å². The zero-order chi connectivity index (χ0) is 25.9. The number of carbonyl (C=O) groups is 1. The largest absolute Gasteiger partial charge is 0.488 e. The summed E-state index contributed by atoms with van der Waals surface area (Å²) < 4.78 is 39.5. The molecule has 6 nitrogen and oxygen atoms in total. The van der Waals surface area contributed by atoms with E-state index in [9.17, 15) is 13.2 Å². The van der Waals surface area contributed by atoms with E-state index in [1.54, 1.807) is 36.0 Å². The fraction of sp³-hybridized carbons (Fsp3) is 0.321. The Bertz CT molecular complexity index is 1340. The van der Waals surface area contributed by atoms with Gasteiger partial charge in [0.2, 0.25) is 10.0 Å². The minimum atomic E-state index is -3.75. The summed E-state index contributed by atoms with van der Waals surface area (Å²) in [5.41, 5.74) is 3.81. The number of thioether (sulfide) groups is 1. The lowest BCUT2D eigenvalue weighted by Crippen LogP contribution is -2.35. The molecule has 0 saturated heterocycles. The number of benzene rings is 3. The number of fused-ring (bicyclic) bond motifs is 1. The van der Waals surface area contributed by atoms with Crippen LogP contribution in [-0.2, 0) is 26.1 Å². The Labute approximate surface area is 217 Å². The number of hydrogen-bond acceptors (Lipinski definition) is 6. The highest BCUT2D eigenvalue weighted by Crippen LogP contribution is 2.34. The first-order valence-corrected chi connectivity index (χ1v) is 14.5. The summed E-state index contributed by atoms with van der Waals surface area (Å²) in [5.74, 6) is -0.130. The number of methoxy groups -OCH3 is 1. The topological polar surface area (TPSA) is 72.9 Å². The summed E-state index contributed by atoms with van der Waals surface area (Å²) in [6.45, 7) is 4.29. The molecule has 3 aromatic rings. The van der Waals surface area contributed by atoms with Gasteiger partial charge in [0.1, 0.15) is 16.7 Å². The van der Waals surface area contributed by atoms with Crippen LogP contribution in [0.2, 0.25) is 0 Å². The van der Waals surface area contributed by atoms with Crippen molar-refractivity contribution in [3.63, 3.8) is 0 Å². The standard InChI is InChI=1S/C28H31NO5S2/c1-19-9-10-22(25(16-28(30)33-3)21-11-13-24(35-4)14-12-21)15-23(19)18-29-17-20(2)34-26-7-5-6-8-27(26)36(29,31)32/h5-15,20,25H,16-18H2,1-4H3/t20-,25?/m1/s1. The van der Waals surface area contributed by atoms with Gasteiger partial charge in [-0.05, 0) is 66.6 Å². The minimum Gasteiger partial charge on any atom is -0.488 e.